The van der Waals surface area contributed by atoms with Crippen molar-refractivity contribution in [2.24, 2.45) is 4.99 Å². The van der Waals surface area contributed by atoms with Crippen molar-refractivity contribution >= 4 is 32.4 Å². The molecule has 2 fully saturated rings. The van der Waals surface area contributed by atoms with Crippen LogP contribution in [0.5, 0.6) is 5.75 Å². The van der Waals surface area contributed by atoms with E-state index in [4.69, 9.17) is 29.3 Å². The lowest BCUT2D eigenvalue weighted by molar-refractivity contribution is 0.225. The predicted molar refractivity (Wildman–Crippen MR) is 147 cm³/mol. The van der Waals surface area contributed by atoms with Gasteiger partial charge < -0.3 is 34.9 Å². The predicted octanol–water partition coefficient (Wildman–Crippen LogP) is 4.61. The minimum atomic E-state index is -5.05. The number of ether oxygens (including phenoxy) is 1. The molecule has 38 heavy (non-hydrogen) atoms. The second kappa shape index (κ2) is 15.0. The van der Waals surface area contributed by atoms with E-state index in [-0.39, 0.29) is 0 Å². The molecule has 2 aromatic carbocycles. The second-order valence-corrected chi connectivity index (χ2v) is 12.2. The summed E-state index contributed by atoms with van der Waals surface area (Å²) in [4.78, 5) is 36.1. The average Bonchev–Trinajstić information content (AvgIpc) is 2.86. The number of rotatable bonds is 8. The highest BCUT2D eigenvalue weighted by atomic mass is 31.3. The molecule has 0 atom stereocenters. The van der Waals surface area contributed by atoms with Crippen LogP contribution in [0.25, 0.3) is 10.8 Å². The summed E-state index contributed by atoms with van der Waals surface area (Å²) in [6.45, 7) is 1.40. The van der Waals surface area contributed by atoms with Gasteiger partial charge in [-0.25, -0.2) is 14.1 Å². The number of hydrogen-bond donors (Lipinski definition) is 6. The van der Waals surface area contributed by atoms with Crippen molar-refractivity contribution in [3.63, 3.8) is 0 Å². The minimum absolute atomic E-state index is 0.476. The van der Waals surface area contributed by atoms with Gasteiger partial charge in [0.05, 0.1) is 12.6 Å². The van der Waals surface area contributed by atoms with Gasteiger partial charge in [-0.1, -0.05) is 68.9 Å². The summed E-state index contributed by atoms with van der Waals surface area (Å²) in [7, 11) is -10.1. The summed E-state index contributed by atoms with van der Waals surface area (Å²) < 4.78 is 28.2. The highest BCUT2D eigenvalue weighted by Crippen LogP contribution is 2.53. The van der Waals surface area contributed by atoms with Gasteiger partial charge in [0.15, 0.2) is 5.96 Å². The number of nitrogens with one attached hydrogen (secondary N) is 2. The number of hydrogen-bond acceptors (Lipinski definition) is 5. The van der Waals surface area contributed by atoms with E-state index in [0.717, 1.165) is 18.3 Å². The average molecular weight is 572 g/mol. The minimum Gasteiger partial charge on any atom is -0.492 e. The summed E-state index contributed by atoms with van der Waals surface area (Å²) in [6, 6.07) is 15.7. The smallest absolute Gasteiger partial charge is 0.478 e. The summed E-state index contributed by atoms with van der Waals surface area (Å²) in [6.07, 6.45) is 13.0. The van der Waals surface area contributed by atoms with Crippen molar-refractivity contribution in [2.75, 3.05) is 13.2 Å². The molecule has 0 aromatic heterocycles. The molecule has 0 unspecified atom stereocenters. The number of phosphoric acid groups is 2. The van der Waals surface area contributed by atoms with Gasteiger partial charge >= 0.3 is 15.6 Å². The van der Waals surface area contributed by atoms with Gasteiger partial charge in [0.2, 0.25) is 0 Å². The van der Waals surface area contributed by atoms with E-state index < -0.39 is 15.6 Å². The van der Waals surface area contributed by atoms with Crippen molar-refractivity contribution in [1.82, 2.24) is 10.6 Å². The zero-order valence-corrected chi connectivity index (χ0v) is 23.2. The molecule has 0 amide bonds. The molecule has 6 N–H and O–H groups in total. The first-order chi connectivity index (χ1) is 18.1. The molecule has 2 saturated carbocycles. The molecule has 2 aliphatic carbocycles. The monoisotopic (exact) mass is 571 g/mol. The molecule has 13 heteroatoms. The van der Waals surface area contributed by atoms with E-state index >= 15 is 0 Å². The second-order valence-electron chi connectivity index (χ2n) is 9.60. The molecule has 2 aromatic rings. The maximum Gasteiger partial charge on any atom is 0.478 e. The SMILES string of the molecule is O=P(O)(O)OP(=O)(O)O.c1ccc2cc(OCCN/C(=N\C3CCCCC3)NC3CCCCC3)ccc2c1. The first-order valence-electron chi connectivity index (χ1n) is 13.1. The third-order valence-corrected chi connectivity index (χ3v) is 8.13. The third-order valence-electron chi connectivity index (χ3n) is 6.43. The summed E-state index contributed by atoms with van der Waals surface area (Å²) >= 11 is 0. The van der Waals surface area contributed by atoms with Gasteiger partial charge in [-0.2, -0.15) is 4.31 Å². The zero-order valence-electron chi connectivity index (χ0n) is 21.4. The van der Waals surface area contributed by atoms with Crippen molar-refractivity contribution in [3.05, 3.63) is 42.5 Å². The van der Waals surface area contributed by atoms with Crippen molar-refractivity contribution in [2.45, 2.75) is 76.3 Å². The van der Waals surface area contributed by atoms with Crippen molar-refractivity contribution in [3.8, 4) is 5.75 Å². The van der Waals surface area contributed by atoms with E-state index in [2.05, 4.69) is 57.4 Å². The van der Waals surface area contributed by atoms with E-state index in [1.807, 2.05) is 0 Å². The number of aliphatic imine (C=N–C) groups is 1. The lowest BCUT2D eigenvalue weighted by atomic mass is 9.95. The molecule has 0 saturated heterocycles. The Morgan fingerprint density at radius 2 is 1.45 bits per heavy atom. The highest BCUT2D eigenvalue weighted by molar-refractivity contribution is 7.60. The van der Waals surface area contributed by atoms with Gasteiger partial charge in [0.25, 0.3) is 0 Å². The lowest BCUT2D eigenvalue weighted by Gasteiger charge is -2.27. The van der Waals surface area contributed by atoms with Crippen LogP contribution in [0.15, 0.2) is 47.5 Å². The van der Waals surface area contributed by atoms with Crippen LogP contribution in [0.2, 0.25) is 0 Å². The van der Waals surface area contributed by atoms with Gasteiger partial charge in [-0.05, 0) is 48.6 Å². The van der Waals surface area contributed by atoms with E-state index in [9.17, 15) is 9.13 Å². The highest BCUT2D eigenvalue weighted by Gasteiger charge is 2.28. The standard InChI is InChI=1S/C25H35N3O.H4O7P2/c1-3-11-22(12-4-1)27-25(28-23-13-5-2-6-14-23)26-17-18-29-24-16-15-20-9-7-8-10-21(20)19-24;1-8(2,3)7-9(4,5)6/h7-10,15-16,19,22-23H,1-6,11-14,17-18H2,(H2,26,27,28);(H2,1,2,3)(H2,4,5,6). The van der Waals surface area contributed by atoms with Crippen LogP contribution in [0.1, 0.15) is 64.2 Å². The van der Waals surface area contributed by atoms with E-state index in [0.29, 0.717) is 18.7 Å². The maximum absolute atomic E-state index is 9.63. The summed E-state index contributed by atoms with van der Waals surface area (Å²) in [5, 5.41) is 9.71. The third kappa shape index (κ3) is 12.3. The van der Waals surface area contributed by atoms with Crippen LogP contribution < -0.4 is 15.4 Å². The quantitative estimate of drug-likeness (QED) is 0.114. The van der Waals surface area contributed by atoms with Crippen LogP contribution in [-0.4, -0.2) is 50.8 Å². The fourth-order valence-corrected chi connectivity index (χ4v) is 5.81. The first kappa shape index (κ1) is 30.6. The molecule has 2 aliphatic rings. The van der Waals surface area contributed by atoms with Crippen molar-refractivity contribution in [1.29, 1.82) is 0 Å². The van der Waals surface area contributed by atoms with Gasteiger partial charge in [0.1, 0.15) is 12.4 Å². The first-order valence-corrected chi connectivity index (χ1v) is 16.2. The molecule has 212 valence electrons. The molecule has 0 heterocycles. The Morgan fingerprint density at radius 1 is 0.842 bits per heavy atom. The number of nitrogens with zero attached hydrogens (tertiary/aromatic N) is 1. The molecule has 11 nitrogen and oxygen atoms in total. The van der Waals surface area contributed by atoms with Gasteiger partial charge in [-0.3, -0.25) is 0 Å². The van der Waals surface area contributed by atoms with Crippen molar-refractivity contribution < 1.29 is 37.8 Å². The topological polar surface area (TPSA) is 170 Å². The fraction of sp³-hybridized carbons (Fsp3) is 0.560. The molecule has 0 spiro atoms. The molecule has 0 radical (unpaired) electrons. The van der Waals surface area contributed by atoms with E-state index in [1.165, 1.54) is 75.0 Å². The molecule has 4 rings (SSSR count). The molecule has 0 aliphatic heterocycles. The molecular formula is C25H39N3O8P2. The fourth-order valence-electron chi connectivity index (χ4n) is 4.70. The lowest BCUT2D eigenvalue weighted by Crippen LogP contribution is -2.46. The summed E-state index contributed by atoms with van der Waals surface area (Å²) in [5.41, 5.74) is 0. The molecular weight excluding hydrogens is 532 g/mol. The van der Waals surface area contributed by atoms with E-state index in [1.54, 1.807) is 0 Å². The Bertz CT molecular complexity index is 1100. The van der Waals surface area contributed by atoms with Crippen LogP contribution >= 0.6 is 15.6 Å². The summed E-state index contributed by atoms with van der Waals surface area (Å²) in [5.74, 6) is 1.92. The Morgan fingerprint density at radius 3 is 2.05 bits per heavy atom. The van der Waals surface area contributed by atoms with Crippen LogP contribution in [0.4, 0.5) is 0 Å². The normalized spacial score (nSPS) is 17.9. The van der Waals surface area contributed by atoms with Gasteiger partial charge in [0, 0.05) is 6.04 Å². The Labute approximate surface area is 223 Å². The Kier molecular flexibility index (Phi) is 12.1. The number of guanidine groups is 1. The van der Waals surface area contributed by atoms with Crippen LogP contribution in [0, 0.1) is 0 Å². The zero-order chi connectivity index (χ0) is 27.4. The maximum atomic E-state index is 9.63. The number of fused-ring (bicyclic) bond motifs is 1. The van der Waals surface area contributed by atoms with Crippen LogP contribution in [0.3, 0.4) is 0 Å². The Balaban J connectivity index is 0.000000383. The molecule has 0 bridgehead atoms. The number of benzene rings is 2. The van der Waals surface area contributed by atoms with Crippen LogP contribution in [-0.2, 0) is 13.4 Å². The Hall–Kier alpha value is -1.97. The largest absolute Gasteiger partial charge is 0.492 e. The van der Waals surface area contributed by atoms with Gasteiger partial charge in [-0.15, -0.1) is 0 Å².